The van der Waals surface area contributed by atoms with Crippen LogP contribution in [-0.4, -0.2) is 48.1 Å². The van der Waals surface area contributed by atoms with Gasteiger partial charge in [-0.15, -0.1) is 0 Å². The van der Waals surface area contributed by atoms with Crippen LogP contribution in [0.2, 0.25) is 0 Å². The molecular formula is C17H25N3O. The minimum absolute atomic E-state index is 0.0374. The molecule has 0 spiro atoms. The molecule has 0 aromatic heterocycles. The Morgan fingerprint density at radius 3 is 2.43 bits per heavy atom. The summed E-state index contributed by atoms with van der Waals surface area (Å²) in [5, 5.41) is 3.03. The second-order valence-electron chi connectivity index (χ2n) is 6.21. The molecule has 3 rings (SSSR count). The lowest BCUT2D eigenvalue weighted by atomic mass is 10.2. The molecule has 0 radical (unpaired) electrons. The number of carbonyl (C=O) groups is 1. The SMILES string of the molecule is Cc1ccccc1NC(=O)N1CCN(C2CCCC2)CC1. The first-order chi connectivity index (χ1) is 10.2. The van der Waals surface area contributed by atoms with Crippen LogP contribution in [0.4, 0.5) is 10.5 Å². The molecule has 4 nitrogen and oxygen atoms in total. The number of urea groups is 1. The fraction of sp³-hybridized carbons (Fsp3) is 0.588. The molecule has 0 unspecified atom stereocenters. The van der Waals surface area contributed by atoms with E-state index in [1.807, 2.05) is 36.1 Å². The van der Waals surface area contributed by atoms with Crippen LogP contribution in [0.5, 0.6) is 0 Å². The minimum atomic E-state index is 0.0374. The van der Waals surface area contributed by atoms with Gasteiger partial charge in [-0.1, -0.05) is 31.0 Å². The van der Waals surface area contributed by atoms with Crippen molar-refractivity contribution < 1.29 is 4.79 Å². The highest BCUT2D eigenvalue weighted by Crippen LogP contribution is 2.24. The summed E-state index contributed by atoms with van der Waals surface area (Å²) in [5.74, 6) is 0. The van der Waals surface area contributed by atoms with E-state index in [1.165, 1.54) is 25.7 Å². The van der Waals surface area contributed by atoms with Gasteiger partial charge in [0.15, 0.2) is 0 Å². The molecule has 2 aliphatic rings. The van der Waals surface area contributed by atoms with E-state index < -0.39 is 0 Å². The van der Waals surface area contributed by atoms with Crippen molar-refractivity contribution in [1.82, 2.24) is 9.80 Å². The normalized spacial score (nSPS) is 20.7. The topological polar surface area (TPSA) is 35.6 Å². The molecule has 114 valence electrons. The molecule has 1 aromatic rings. The zero-order chi connectivity index (χ0) is 14.7. The van der Waals surface area contributed by atoms with Gasteiger partial charge in [-0.05, 0) is 31.4 Å². The van der Waals surface area contributed by atoms with Gasteiger partial charge in [0.25, 0.3) is 0 Å². The summed E-state index contributed by atoms with van der Waals surface area (Å²) in [6.07, 6.45) is 5.43. The summed E-state index contributed by atoms with van der Waals surface area (Å²) in [7, 11) is 0. The number of carbonyl (C=O) groups excluding carboxylic acids is 1. The van der Waals surface area contributed by atoms with Gasteiger partial charge in [0.2, 0.25) is 0 Å². The maximum absolute atomic E-state index is 12.3. The number of hydrogen-bond acceptors (Lipinski definition) is 2. The number of benzene rings is 1. The molecule has 4 heteroatoms. The lowest BCUT2D eigenvalue weighted by molar-refractivity contribution is 0.115. The average molecular weight is 287 g/mol. The van der Waals surface area contributed by atoms with Gasteiger partial charge in [0.1, 0.15) is 0 Å². The Morgan fingerprint density at radius 2 is 1.76 bits per heavy atom. The van der Waals surface area contributed by atoms with Crippen molar-refractivity contribution in [2.24, 2.45) is 0 Å². The number of amides is 2. The van der Waals surface area contributed by atoms with E-state index in [2.05, 4.69) is 10.2 Å². The number of piperazine rings is 1. The molecule has 2 fully saturated rings. The van der Waals surface area contributed by atoms with E-state index >= 15 is 0 Å². The predicted molar refractivity (Wildman–Crippen MR) is 85.6 cm³/mol. The number of anilines is 1. The Kier molecular flexibility index (Phi) is 4.44. The van der Waals surface area contributed by atoms with Gasteiger partial charge in [-0.2, -0.15) is 0 Å². The highest BCUT2D eigenvalue weighted by Gasteiger charge is 2.27. The molecule has 2 amide bonds. The standard InChI is InChI=1S/C17H25N3O/c1-14-6-2-5-9-16(14)18-17(21)20-12-10-19(11-13-20)15-7-3-4-8-15/h2,5-6,9,15H,3-4,7-8,10-13H2,1H3,(H,18,21). The molecular weight excluding hydrogens is 262 g/mol. The van der Waals surface area contributed by atoms with Crippen molar-refractivity contribution in [3.05, 3.63) is 29.8 Å². The van der Waals surface area contributed by atoms with Crippen LogP contribution < -0.4 is 5.32 Å². The first-order valence-corrected chi connectivity index (χ1v) is 8.09. The van der Waals surface area contributed by atoms with Crippen molar-refractivity contribution in [2.75, 3.05) is 31.5 Å². The molecule has 1 saturated heterocycles. The number of hydrogen-bond donors (Lipinski definition) is 1. The Balaban J connectivity index is 1.52. The van der Waals surface area contributed by atoms with Crippen LogP contribution in [-0.2, 0) is 0 Å². The van der Waals surface area contributed by atoms with Crippen LogP contribution >= 0.6 is 0 Å². The Morgan fingerprint density at radius 1 is 1.10 bits per heavy atom. The highest BCUT2D eigenvalue weighted by molar-refractivity contribution is 5.90. The zero-order valence-electron chi connectivity index (χ0n) is 12.8. The van der Waals surface area contributed by atoms with Crippen LogP contribution in [0.15, 0.2) is 24.3 Å². The summed E-state index contributed by atoms with van der Waals surface area (Å²) in [6.45, 7) is 5.74. The summed E-state index contributed by atoms with van der Waals surface area (Å²) in [6, 6.07) is 8.74. The van der Waals surface area contributed by atoms with E-state index in [1.54, 1.807) is 0 Å². The zero-order valence-corrected chi connectivity index (χ0v) is 12.8. The minimum Gasteiger partial charge on any atom is -0.322 e. The van der Waals surface area contributed by atoms with Crippen LogP contribution in [0, 0.1) is 6.92 Å². The predicted octanol–water partition coefficient (Wildman–Crippen LogP) is 3.09. The summed E-state index contributed by atoms with van der Waals surface area (Å²) in [4.78, 5) is 16.9. The summed E-state index contributed by atoms with van der Waals surface area (Å²) in [5.41, 5.74) is 2.02. The van der Waals surface area contributed by atoms with Gasteiger partial charge < -0.3 is 10.2 Å². The van der Waals surface area contributed by atoms with Crippen molar-refractivity contribution in [3.63, 3.8) is 0 Å². The third kappa shape index (κ3) is 3.38. The van der Waals surface area contributed by atoms with Crippen molar-refractivity contribution >= 4 is 11.7 Å². The number of aryl methyl sites for hydroxylation is 1. The molecule has 0 bridgehead atoms. The third-order valence-electron chi connectivity index (χ3n) is 4.83. The maximum atomic E-state index is 12.3. The van der Waals surface area contributed by atoms with E-state index in [-0.39, 0.29) is 6.03 Å². The molecule has 0 atom stereocenters. The van der Waals surface area contributed by atoms with Crippen LogP contribution in [0.25, 0.3) is 0 Å². The van der Waals surface area contributed by atoms with Gasteiger partial charge in [0.05, 0.1) is 0 Å². The average Bonchev–Trinajstić information content (AvgIpc) is 3.04. The van der Waals surface area contributed by atoms with Crippen LogP contribution in [0.1, 0.15) is 31.2 Å². The molecule has 1 aliphatic carbocycles. The Labute approximate surface area is 127 Å². The lowest BCUT2D eigenvalue weighted by Gasteiger charge is -2.38. The Hall–Kier alpha value is -1.55. The van der Waals surface area contributed by atoms with Gasteiger partial charge in [-0.25, -0.2) is 4.79 Å². The van der Waals surface area contributed by atoms with E-state index in [0.717, 1.165) is 43.5 Å². The lowest BCUT2D eigenvalue weighted by Crippen LogP contribution is -2.52. The largest absolute Gasteiger partial charge is 0.322 e. The van der Waals surface area contributed by atoms with Crippen molar-refractivity contribution in [1.29, 1.82) is 0 Å². The number of nitrogens with zero attached hydrogens (tertiary/aromatic N) is 2. The van der Waals surface area contributed by atoms with Crippen LogP contribution in [0.3, 0.4) is 0 Å². The Bertz CT molecular complexity index is 489. The van der Waals surface area contributed by atoms with Crippen molar-refractivity contribution in [2.45, 2.75) is 38.6 Å². The number of nitrogens with one attached hydrogen (secondary N) is 1. The molecule has 1 saturated carbocycles. The monoisotopic (exact) mass is 287 g/mol. The number of para-hydroxylation sites is 1. The molecule has 1 heterocycles. The van der Waals surface area contributed by atoms with Gasteiger partial charge >= 0.3 is 6.03 Å². The first-order valence-electron chi connectivity index (χ1n) is 8.09. The fourth-order valence-corrected chi connectivity index (χ4v) is 3.47. The summed E-state index contributed by atoms with van der Waals surface area (Å²) >= 11 is 0. The highest BCUT2D eigenvalue weighted by atomic mass is 16.2. The van der Waals surface area contributed by atoms with Gasteiger partial charge in [-0.3, -0.25) is 4.90 Å². The number of rotatable bonds is 2. The second-order valence-corrected chi connectivity index (χ2v) is 6.21. The molecule has 1 N–H and O–H groups in total. The maximum Gasteiger partial charge on any atom is 0.321 e. The van der Waals surface area contributed by atoms with Crippen molar-refractivity contribution in [3.8, 4) is 0 Å². The quantitative estimate of drug-likeness (QED) is 0.907. The molecule has 1 aromatic carbocycles. The van der Waals surface area contributed by atoms with E-state index in [9.17, 15) is 4.79 Å². The van der Waals surface area contributed by atoms with E-state index in [0.29, 0.717) is 0 Å². The van der Waals surface area contributed by atoms with Gasteiger partial charge in [0, 0.05) is 37.9 Å². The second kappa shape index (κ2) is 6.48. The van der Waals surface area contributed by atoms with E-state index in [4.69, 9.17) is 0 Å². The third-order valence-corrected chi connectivity index (χ3v) is 4.83. The first kappa shape index (κ1) is 14.4. The fourth-order valence-electron chi connectivity index (χ4n) is 3.47. The smallest absolute Gasteiger partial charge is 0.321 e. The molecule has 21 heavy (non-hydrogen) atoms. The summed E-state index contributed by atoms with van der Waals surface area (Å²) < 4.78 is 0. The molecule has 1 aliphatic heterocycles.